The fourth-order valence-corrected chi connectivity index (χ4v) is 2.05. The van der Waals surface area contributed by atoms with Crippen LogP contribution in [0, 0.1) is 0 Å². The molecule has 0 aliphatic rings. The van der Waals surface area contributed by atoms with E-state index in [0.29, 0.717) is 13.2 Å². The molecule has 0 amide bonds. The first-order chi connectivity index (χ1) is 10.3. The lowest BCUT2D eigenvalue weighted by Gasteiger charge is -2.21. The smallest absolute Gasteiger partial charge is 0.183 e. The van der Waals surface area contributed by atoms with Gasteiger partial charge in [-0.2, -0.15) is 0 Å². The predicted octanol–water partition coefficient (Wildman–Crippen LogP) is 3.95. The number of rotatable bonds is 8. The highest BCUT2D eigenvalue weighted by Crippen LogP contribution is 2.19. The van der Waals surface area contributed by atoms with Gasteiger partial charge in [0.15, 0.2) is 6.29 Å². The zero-order valence-corrected chi connectivity index (χ0v) is 12.6. The predicted molar refractivity (Wildman–Crippen MR) is 82.8 cm³/mol. The molecule has 0 radical (unpaired) electrons. The van der Waals surface area contributed by atoms with Crippen LogP contribution in [-0.4, -0.2) is 19.8 Å². The van der Waals surface area contributed by atoms with E-state index < -0.39 is 0 Å². The molecular weight excluding hydrogens is 264 g/mol. The molecule has 3 nitrogen and oxygen atoms in total. The number of methoxy groups -OCH3 is 1. The molecule has 0 fully saturated rings. The van der Waals surface area contributed by atoms with E-state index in [0.717, 1.165) is 11.1 Å². The van der Waals surface area contributed by atoms with Crippen LogP contribution in [0.1, 0.15) is 24.3 Å². The fourth-order valence-electron chi connectivity index (χ4n) is 2.05. The first-order valence-electron chi connectivity index (χ1n) is 7.14. The van der Waals surface area contributed by atoms with Crippen molar-refractivity contribution in [2.75, 3.05) is 13.7 Å². The minimum absolute atomic E-state index is 0.0427. The van der Waals surface area contributed by atoms with E-state index in [9.17, 15) is 0 Å². The molecule has 2 rings (SSSR count). The maximum absolute atomic E-state index is 5.88. The molecule has 0 saturated heterocycles. The molecule has 3 heteroatoms. The van der Waals surface area contributed by atoms with Crippen molar-refractivity contribution >= 4 is 0 Å². The number of hydrogen-bond acceptors (Lipinski definition) is 3. The Bertz CT molecular complexity index is 498. The van der Waals surface area contributed by atoms with Crippen LogP contribution in [0.15, 0.2) is 60.7 Å². The molecule has 21 heavy (non-hydrogen) atoms. The summed E-state index contributed by atoms with van der Waals surface area (Å²) in [5.41, 5.74) is 2.17. The summed E-state index contributed by atoms with van der Waals surface area (Å²) in [4.78, 5) is 0. The molecular formula is C18H22O3. The van der Waals surface area contributed by atoms with Gasteiger partial charge >= 0.3 is 0 Å². The summed E-state index contributed by atoms with van der Waals surface area (Å²) in [5.74, 6) is 0. The van der Waals surface area contributed by atoms with Crippen molar-refractivity contribution in [3.05, 3.63) is 71.8 Å². The van der Waals surface area contributed by atoms with Crippen LogP contribution in [-0.2, 0) is 20.8 Å². The molecule has 2 atom stereocenters. The summed E-state index contributed by atoms with van der Waals surface area (Å²) >= 11 is 0. The van der Waals surface area contributed by atoms with Crippen LogP contribution in [0.25, 0.3) is 0 Å². The van der Waals surface area contributed by atoms with Crippen molar-refractivity contribution in [2.24, 2.45) is 0 Å². The molecule has 0 bridgehead atoms. The van der Waals surface area contributed by atoms with E-state index >= 15 is 0 Å². The number of hydrogen-bond donors (Lipinski definition) is 0. The second kappa shape index (κ2) is 8.57. The normalized spacial score (nSPS) is 13.8. The zero-order chi connectivity index (χ0) is 14.9. The van der Waals surface area contributed by atoms with E-state index in [2.05, 4.69) is 0 Å². The molecule has 112 valence electrons. The Kier molecular flexibility index (Phi) is 6.41. The third-order valence-corrected chi connectivity index (χ3v) is 3.11. The number of benzene rings is 2. The molecule has 0 saturated carbocycles. The van der Waals surface area contributed by atoms with E-state index in [1.54, 1.807) is 7.11 Å². The van der Waals surface area contributed by atoms with Gasteiger partial charge in [-0.3, -0.25) is 0 Å². The molecule has 0 heterocycles. The molecule has 2 aromatic carbocycles. The minimum Gasteiger partial charge on any atom is -0.374 e. The Hall–Kier alpha value is -1.68. The summed E-state index contributed by atoms with van der Waals surface area (Å²) in [6.45, 7) is 3.11. The molecule has 0 aliphatic carbocycles. The van der Waals surface area contributed by atoms with Gasteiger partial charge in [0.05, 0.1) is 19.3 Å². The van der Waals surface area contributed by atoms with Gasteiger partial charge in [0, 0.05) is 12.7 Å². The van der Waals surface area contributed by atoms with Gasteiger partial charge in [0.1, 0.15) is 0 Å². The van der Waals surface area contributed by atoms with Gasteiger partial charge in [-0.15, -0.1) is 0 Å². The fraction of sp³-hybridized carbons (Fsp3) is 0.333. The molecule has 2 aromatic rings. The second-order valence-corrected chi connectivity index (χ2v) is 4.93. The summed E-state index contributed by atoms with van der Waals surface area (Å²) in [6.07, 6.45) is -0.402. The van der Waals surface area contributed by atoms with Gasteiger partial charge in [-0.25, -0.2) is 0 Å². The lowest BCUT2D eigenvalue weighted by atomic mass is 10.2. The van der Waals surface area contributed by atoms with Crippen LogP contribution in [0.3, 0.4) is 0 Å². The van der Waals surface area contributed by atoms with Crippen molar-refractivity contribution < 1.29 is 14.2 Å². The SMILES string of the molecule is COC(OC(C)COCc1ccccc1)c1ccccc1. The van der Waals surface area contributed by atoms with Crippen LogP contribution < -0.4 is 0 Å². The quantitative estimate of drug-likeness (QED) is 0.688. The van der Waals surface area contributed by atoms with Gasteiger partial charge < -0.3 is 14.2 Å². The van der Waals surface area contributed by atoms with Crippen LogP contribution in [0.2, 0.25) is 0 Å². The van der Waals surface area contributed by atoms with Crippen molar-refractivity contribution in [3.8, 4) is 0 Å². The largest absolute Gasteiger partial charge is 0.374 e. The topological polar surface area (TPSA) is 27.7 Å². The van der Waals surface area contributed by atoms with Crippen molar-refractivity contribution in [1.82, 2.24) is 0 Å². The Labute approximate surface area is 126 Å². The van der Waals surface area contributed by atoms with Crippen LogP contribution in [0.5, 0.6) is 0 Å². The van der Waals surface area contributed by atoms with E-state index in [1.165, 1.54) is 0 Å². The molecule has 0 N–H and O–H groups in total. The second-order valence-electron chi connectivity index (χ2n) is 4.93. The Morgan fingerprint density at radius 3 is 2.14 bits per heavy atom. The van der Waals surface area contributed by atoms with Gasteiger partial charge in [0.25, 0.3) is 0 Å². The van der Waals surface area contributed by atoms with Crippen molar-refractivity contribution in [3.63, 3.8) is 0 Å². The van der Waals surface area contributed by atoms with Crippen LogP contribution >= 0.6 is 0 Å². The molecule has 0 spiro atoms. The summed E-state index contributed by atoms with van der Waals surface area (Å²) < 4.78 is 17.0. The number of ether oxygens (including phenoxy) is 3. The highest BCUT2D eigenvalue weighted by Gasteiger charge is 2.14. The molecule has 0 aromatic heterocycles. The average Bonchev–Trinajstić information content (AvgIpc) is 2.54. The van der Waals surface area contributed by atoms with Gasteiger partial charge in [-0.1, -0.05) is 60.7 Å². The zero-order valence-electron chi connectivity index (χ0n) is 12.6. The van der Waals surface area contributed by atoms with E-state index in [4.69, 9.17) is 14.2 Å². The Morgan fingerprint density at radius 1 is 0.905 bits per heavy atom. The van der Waals surface area contributed by atoms with Crippen LogP contribution in [0.4, 0.5) is 0 Å². The summed E-state index contributed by atoms with van der Waals surface area (Å²) in [6, 6.07) is 20.0. The maximum Gasteiger partial charge on any atom is 0.183 e. The third kappa shape index (κ3) is 5.31. The lowest BCUT2D eigenvalue weighted by Crippen LogP contribution is -2.20. The van der Waals surface area contributed by atoms with E-state index in [-0.39, 0.29) is 12.4 Å². The van der Waals surface area contributed by atoms with Crippen molar-refractivity contribution in [2.45, 2.75) is 25.9 Å². The highest BCUT2D eigenvalue weighted by atomic mass is 16.7. The van der Waals surface area contributed by atoms with Gasteiger partial charge in [0.2, 0.25) is 0 Å². The third-order valence-electron chi connectivity index (χ3n) is 3.11. The minimum atomic E-state index is -0.360. The maximum atomic E-state index is 5.88. The lowest BCUT2D eigenvalue weighted by molar-refractivity contribution is -0.169. The summed E-state index contributed by atoms with van der Waals surface area (Å²) in [5, 5.41) is 0. The van der Waals surface area contributed by atoms with E-state index in [1.807, 2.05) is 67.6 Å². The molecule has 2 unspecified atom stereocenters. The highest BCUT2D eigenvalue weighted by molar-refractivity contribution is 5.16. The average molecular weight is 286 g/mol. The Morgan fingerprint density at radius 2 is 1.52 bits per heavy atom. The Balaban J connectivity index is 1.77. The first-order valence-corrected chi connectivity index (χ1v) is 7.14. The molecule has 0 aliphatic heterocycles. The monoisotopic (exact) mass is 286 g/mol. The van der Waals surface area contributed by atoms with Gasteiger partial charge in [-0.05, 0) is 12.5 Å². The van der Waals surface area contributed by atoms with Crippen molar-refractivity contribution in [1.29, 1.82) is 0 Å². The standard InChI is InChI=1S/C18H22O3/c1-15(13-20-14-16-9-5-3-6-10-16)21-18(19-2)17-11-7-4-8-12-17/h3-12,15,18H,13-14H2,1-2H3. The first kappa shape index (κ1) is 15.7. The summed E-state index contributed by atoms with van der Waals surface area (Å²) in [7, 11) is 1.65.